The summed E-state index contributed by atoms with van der Waals surface area (Å²) in [6.45, 7) is 3.28. The van der Waals surface area contributed by atoms with Gasteiger partial charge in [0.15, 0.2) is 0 Å². The molecule has 5 N–H and O–H groups in total. The summed E-state index contributed by atoms with van der Waals surface area (Å²) in [5, 5.41) is 23.3. The quantitative estimate of drug-likeness (QED) is 0.521. The number of rotatable bonds is 1. The number of carbonyl (C=O) groups is 1. The molecule has 0 atom stereocenters. The van der Waals surface area contributed by atoms with Crippen molar-refractivity contribution in [1.82, 2.24) is 4.90 Å². The first kappa shape index (κ1) is 20.3. The largest absolute Gasteiger partial charge is 0.487 e. The molecule has 0 radical (unpaired) electrons. The van der Waals surface area contributed by atoms with E-state index >= 15 is 0 Å². The molecule has 8 heteroatoms. The molecule has 0 aromatic heterocycles. The minimum atomic E-state index is -0.741. The molecule has 0 fully saturated rings. The Bertz CT molecular complexity index is 210. The molecular weight excluding hydrogens is 252 g/mol. The number of aliphatic hydroxyl groups excluding tert-OH is 2. The van der Waals surface area contributed by atoms with Crippen LogP contribution in [-0.4, -0.2) is 50.6 Å². The van der Waals surface area contributed by atoms with Crippen LogP contribution in [0.2, 0.25) is 0 Å². The summed E-state index contributed by atoms with van der Waals surface area (Å²) in [5.74, 6) is -0.972. The van der Waals surface area contributed by atoms with Crippen molar-refractivity contribution in [3.8, 4) is 0 Å². The van der Waals surface area contributed by atoms with Gasteiger partial charge >= 0.3 is 5.97 Å². The van der Waals surface area contributed by atoms with E-state index in [1.165, 1.54) is 4.90 Å². The predicted octanol–water partition coefficient (Wildman–Crippen LogP) is 0.906. The second-order valence-electron chi connectivity index (χ2n) is 3.01. The zero-order valence-corrected chi connectivity index (χ0v) is 11.3. The van der Waals surface area contributed by atoms with Gasteiger partial charge in [0.05, 0.1) is 5.92 Å². The van der Waals surface area contributed by atoms with E-state index in [9.17, 15) is 4.79 Å². The minimum absolute atomic E-state index is 0.0741. The summed E-state index contributed by atoms with van der Waals surface area (Å²) in [4.78, 5) is 11.2. The van der Waals surface area contributed by atoms with Crippen LogP contribution in [0.5, 0.6) is 0 Å². The molecule has 0 bridgehead atoms. The van der Waals surface area contributed by atoms with Crippen LogP contribution >= 0.6 is 24.4 Å². The van der Waals surface area contributed by atoms with E-state index in [2.05, 4.69) is 30.2 Å². The van der Waals surface area contributed by atoms with Gasteiger partial charge in [-0.2, -0.15) is 0 Å². The molecular formula is C8H18N2O4S2. The van der Waals surface area contributed by atoms with Gasteiger partial charge in [-0.15, -0.1) is 0 Å². The van der Waals surface area contributed by atoms with Crippen molar-refractivity contribution in [2.24, 2.45) is 11.7 Å². The first-order valence-electron chi connectivity index (χ1n) is 4.13. The molecule has 16 heavy (non-hydrogen) atoms. The third kappa shape index (κ3) is 38.5. The second kappa shape index (κ2) is 11.9. The number of hydrogen-bond acceptors (Lipinski definition) is 3. The van der Waals surface area contributed by atoms with Crippen LogP contribution in [-0.2, 0) is 4.79 Å². The van der Waals surface area contributed by atoms with Gasteiger partial charge in [-0.05, 0) is 24.4 Å². The predicted molar refractivity (Wildman–Crippen MR) is 70.8 cm³/mol. The lowest BCUT2D eigenvalue weighted by molar-refractivity contribution is -0.140. The molecule has 0 rings (SSSR count). The molecule has 0 saturated carbocycles. The summed E-state index contributed by atoms with van der Waals surface area (Å²) >= 11 is 8.17. The Kier molecular flexibility index (Phi) is 15.1. The minimum Gasteiger partial charge on any atom is -0.487 e. The Morgan fingerprint density at radius 3 is 1.31 bits per heavy atom. The van der Waals surface area contributed by atoms with Crippen LogP contribution in [0, 0.1) is 5.92 Å². The van der Waals surface area contributed by atoms with Gasteiger partial charge in [-0.25, -0.2) is 0 Å². The SMILES string of the molecule is CC(C)C(=O)O.CN(C)C(O)=S.NC(O)=S. The topological polar surface area (TPSA) is 107 Å². The van der Waals surface area contributed by atoms with Crippen molar-refractivity contribution < 1.29 is 20.1 Å². The summed E-state index contributed by atoms with van der Waals surface area (Å²) in [5.41, 5.74) is 4.40. The molecule has 0 amide bonds. The lowest BCUT2D eigenvalue weighted by Gasteiger charge is -2.03. The van der Waals surface area contributed by atoms with E-state index in [-0.39, 0.29) is 11.1 Å². The number of thiocarbonyl (C=S) groups is 2. The highest BCUT2D eigenvalue weighted by atomic mass is 32.1. The van der Waals surface area contributed by atoms with Crippen molar-refractivity contribution in [2.45, 2.75) is 13.8 Å². The number of carboxylic acid groups (broad SMARTS) is 1. The average molecular weight is 270 g/mol. The first-order valence-corrected chi connectivity index (χ1v) is 4.95. The van der Waals surface area contributed by atoms with Crippen molar-refractivity contribution >= 4 is 40.8 Å². The number of aliphatic carboxylic acids is 1. The fourth-order valence-corrected chi connectivity index (χ4v) is 0. The van der Waals surface area contributed by atoms with Gasteiger partial charge in [-0.3, -0.25) is 4.79 Å². The fourth-order valence-electron chi connectivity index (χ4n) is 0. The molecule has 0 heterocycles. The maximum absolute atomic E-state index is 9.70. The van der Waals surface area contributed by atoms with Gasteiger partial charge in [0.25, 0.3) is 10.3 Å². The molecule has 0 saturated heterocycles. The average Bonchev–Trinajstić information content (AvgIpc) is 2.03. The Morgan fingerprint density at radius 2 is 1.31 bits per heavy atom. The van der Waals surface area contributed by atoms with Gasteiger partial charge in [0, 0.05) is 14.1 Å². The molecule has 0 unspecified atom stereocenters. The summed E-state index contributed by atoms with van der Waals surface area (Å²) in [6.07, 6.45) is 0. The van der Waals surface area contributed by atoms with Crippen LogP contribution in [0.25, 0.3) is 0 Å². The van der Waals surface area contributed by atoms with Crippen molar-refractivity contribution in [3.63, 3.8) is 0 Å². The van der Waals surface area contributed by atoms with E-state index in [1.807, 2.05) is 0 Å². The zero-order chi connectivity index (χ0) is 13.9. The Labute approximate surface area is 106 Å². The number of aliphatic hydroxyl groups is 2. The normalized spacial score (nSPS) is 7.81. The maximum Gasteiger partial charge on any atom is 0.305 e. The van der Waals surface area contributed by atoms with Gasteiger partial charge < -0.3 is 26.0 Å². The highest BCUT2D eigenvalue weighted by Crippen LogP contribution is 1.87. The standard InChI is InChI=1S/C4H8O2.C3H7NOS.CH3NOS/c1-3(2)4(5)6;1-4(2)3(5)6;2-1(3)4/h3H,1-2H3,(H,5,6);1-2H3,(H,5,6);(H3,2,3,4). The molecule has 0 aromatic rings. The van der Waals surface area contributed by atoms with Crippen LogP contribution in [0.15, 0.2) is 0 Å². The summed E-state index contributed by atoms with van der Waals surface area (Å²) in [6, 6.07) is 0. The van der Waals surface area contributed by atoms with Crippen molar-refractivity contribution in [3.05, 3.63) is 0 Å². The number of nitrogens with zero attached hydrogens (tertiary/aromatic N) is 1. The van der Waals surface area contributed by atoms with Crippen LogP contribution in [0.1, 0.15) is 13.8 Å². The Morgan fingerprint density at radius 1 is 1.19 bits per heavy atom. The lowest BCUT2D eigenvalue weighted by atomic mass is 10.2. The molecule has 0 aliphatic carbocycles. The Hall–Kier alpha value is -1.15. The van der Waals surface area contributed by atoms with E-state index in [0.29, 0.717) is 0 Å². The zero-order valence-electron chi connectivity index (χ0n) is 9.67. The van der Waals surface area contributed by atoms with Crippen LogP contribution < -0.4 is 5.73 Å². The fraction of sp³-hybridized carbons (Fsp3) is 0.625. The molecule has 0 aliphatic heterocycles. The van der Waals surface area contributed by atoms with Gasteiger partial charge in [0.2, 0.25) is 0 Å². The highest BCUT2D eigenvalue weighted by Gasteiger charge is 1.99. The van der Waals surface area contributed by atoms with E-state index in [1.54, 1.807) is 27.9 Å². The highest BCUT2D eigenvalue weighted by molar-refractivity contribution is 7.80. The van der Waals surface area contributed by atoms with Crippen LogP contribution in [0.4, 0.5) is 0 Å². The molecule has 6 nitrogen and oxygen atoms in total. The second-order valence-corrected chi connectivity index (χ2v) is 3.79. The third-order valence-electron chi connectivity index (χ3n) is 0.876. The molecule has 0 spiro atoms. The van der Waals surface area contributed by atoms with Gasteiger partial charge in [-0.1, -0.05) is 13.8 Å². The molecule has 96 valence electrons. The summed E-state index contributed by atoms with van der Waals surface area (Å²) in [7, 11) is 3.37. The molecule has 0 aromatic carbocycles. The van der Waals surface area contributed by atoms with E-state index in [0.717, 1.165) is 0 Å². The van der Waals surface area contributed by atoms with Crippen molar-refractivity contribution in [1.29, 1.82) is 0 Å². The van der Waals surface area contributed by atoms with Crippen molar-refractivity contribution in [2.75, 3.05) is 14.1 Å². The number of hydrogen-bond donors (Lipinski definition) is 4. The summed E-state index contributed by atoms with van der Waals surface area (Å²) < 4.78 is 0. The molecule has 0 aliphatic rings. The first-order chi connectivity index (χ1) is 7.02. The monoisotopic (exact) mass is 270 g/mol. The third-order valence-corrected chi connectivity index (χ3v) is 1.24. The van der Waals surface area contributed by atoms with Gasteiger partial charge in [0.1, 0.15) is 0 Å². The smallest absolute Gasteiger partial charge is 0.305 e. The van der Waals surface area contributed by atoms with E-state index < -0.39 is 11.1 Å². The number of nitrogens with two attached hydrogens (primary N) is 1. The maximum atomic E-state index is 9.70. The van der Waals surface area contributed by atoms with Crippen LogP contribution in [0.3, 0.4) is 0 Å². The Balaban J connectivity index is -0.000000162. The lowest BCUT2D eigenvalue weighted by Crippen LogP contribution is -2.17. The van der Waals surface area contributed by atoms with E-state index in [4.69, 9.17) is 15.3 Å². The number of carboxylic acids is 1.